The molecule has 0 unspecified atom stereocenters. The molecule has 0 bridgehead atoms. The first-order valence-corrected chi connectivity index (χ1v) is 20.8. The van der Waals surface area contributed by atoms with Crippen molar-refractivity contribution in [3.63, 3.8) is 0 Å². The van der Waals surface area contributed by atoms with Gasteiger partial charge in [0.05, 0.1) is 5.41 Å². The normalized spacial score (nSPS) is 14.4. The molecular formula is C58H40N2. The van der Waals surface area contributed by atoms with E-state index in [1.54, 1.807) is 0 Å². The van der Waals surface area contributed by atoms with Gasteiger partial charge in [-0.25, -0.2) is 0 Å². The van der Waals surface area contributed by atoms with Crippen molar-refractivity contribution in [1.82, 2.24) is 0 Å². The van der Waals surface area contributed by atoms with Crippen LogP contribution in [0.25, 0.3) is 70.9 Å². The Bertz CT molecular complexity index is 3160. The molecule has 0 amide bonds. The first-order valence-electron chi connectivity index (χ1n) is 20.8. The standard InChI is InChI=1S/C58H40N2/c1-60-56-17-9-3-11-44(56)30-31-45-27-23-41(37-57(45)60)21-19-39-25-33-49-48-32-24-38(18-20-40-22-26-43-29-28-42-10-2-8-16-54(42)59-55(43)36-40)34-52(48)58(53(49)35-39)50-14-6-4-12-46(50)47-13-5-7-15-51(47)58/h2-37,59H,1H3/b20-18+,21-19+. The molecule has 2 heterocycles. The van der Waals surface area contributed by atoms with E-state index in [0.29, 0.717) is 0 Å². The van der Waals surface area contributed by atoms with E-state index in [0.717, 1.165) is 16.9 Å². The number of hydrogen-bond acceptors (Lipinski definition) is 2. The van der Waals surface area contributed by atoms with Gasteiger partial charge in [0.25, 0.3) is 0 Å². The summed E-state index contributed by atoms with van der Waals surface area (Å²) < 4.78 is 0. The van der Waals surface area contributed by atoms with Crippen LogP contribution < -0.4 is 10.2 Å². The molecule has 60 heavy (non-hydrogen) atoms. The number of nitrogens with zero attached hydrogens (tertiary/aromatic N) is 1. The number of benzene rings is 8. The van der Waals surface area contributed by atoms with Gasteiger partial charge in [-0.3, -0.25) is 0 Å². The Labute approximate surface area is 351 Å². The lowest BCUT2D eigenvalue weighted by molar-refractivity contribution is 0.793. The second kappa shape index (κ2) is 13.4. The van der Waals surface area contributed by atoms with Crippen molar-refractivity contribution >= 4 is 71.4 Å². The Hall–Kier alpha value is -7.68. The second-order valence-electron chi connectivity index (χ2n) is 16.3. The summed E-state index contributed by atoms with van der Waals surface area (Å²) in [6, 6.07) is 62.7. The number of rotatable bonds is 4. The fourth-order valence-corrected chi connectivity index (χ4v) is 10.1. The van der Waals surface area contributed by atoms with Crippen molar-refractivity contribution in [1.29, 1.82) is 0 Å². The van der Waals surface area contributed by atoms with Crippen molar-refractivity contribution < 1.29 is 0 Å². The Morgan fingerprint density at radius 1 is 0.367 bits per heavy atom. The molecule has 0 saturated heterocycles. The van der Waals surface area contributed by atoms with E-state index in [1.807, 2.05) is 0 Å². The lowest BCUT2D eigenvalue weighted by atomic mass is 9.70. The highest BCUT2D eigenvalue weighted by Crippen LogP contribution is 2.63. The van der Waals surface area contributed by atoms with Gasteiger partial charge in [0.1, 0.15) is 0 Å². The molecule has 1 spiro atoms. The summed E-state index contributed by atoms with van der Waals surface area (Å²) in [5.74, 6) is 0. The van der Waals surface area contributed by atoms with Gasteiger partial charge < -0.3 is 10.2 Å². The van der Waals surface area contributed by atoms with Crippen LogP contribution in [0.15, 0.2) is 170 Å². The van der Waals surface area contributed by atoms with Crippen LogP contribution in [0.4, 0.5) is 22.7 Å². The molecule has 1 N–H and O–H groups in total. The molecule has 2 aliphatic heterocycles. The maximum absolute atomic E-state index is 3.67. The topological polar surface area (TPSA) is 15.3 Å². The lowest BCUT2D eigenvalue weighted by Crippen LogP contribution is -2.26. The maximum atomic E-state index is 3.67. The summed E-state index contributed by atoms with van der Waals surface area (Å²) in [6.45, 7) is 0. The predicted molar refractivity (Wildman–Crippen MR) is 256 cm³/mol. The Morgan fingerprint density at radius 2 is 0.817 bits per heavy atom. The van der Waals surface area contributed by atoms with Gasteiger partial charge in [-0.2, -0.15) is 0 Å². The van der Waals surface area contributed by atoms with E-state index in [9.17, 15) is 0 Å². The van der Waals surface area contributed by atoms with Crippen molar-refractivity contribution in [3.05, 3.63) is 237 Å². The minimum absolute atomic E-state index is 0.439. The Kier molecular flexibility index (Phi) is 7.70. The number of fused-ring (bicyclic) bond motifs is 14. The fourth-order valence-electron chi connectivity index (χ4n) is 10.1. The van der Waals surface area contributed by atoms with Crippen molar-refractivity contribution in [2.45, 2.75) is 5.41 Å². The molecule has 0 fully saturated rings. The summed E-state index contributed by atoms with van der Waals surface area (Å²) in [5, 5.41) is 3.67. The van der Waals surface area contributed by atoms with Gasteiger partial charge in [-0.15, -0.1) is 0 Å². The van der Waals surface area contributed by atoms with Crippen LogP contribution in [-0.2, 0) is 5.41 Å². The summed E-state index contributed by atoms with van der Waals surface area (Å²) >= 11 is 0. The number of anilines is 4. The van der Waals surface area contributed by atoms with Crippen LogP contribution in [0.1, 0.15) is 66.8 Å². The molecule has 8 aromatic carbocycles. The van der Waals surface area contributed by atoms with Gasteiger partial charge >= 0.3 is 0 Å². The van der Waals surface area contributed by atoms with E-state index >= 15 is 0 Å². The van der Waals surface area contributed by atoms with Crippen LogP contribution in [0.2, 0.25) is 0 Å². The third kappa shape index (κ3) is 5.28. The number of nitrogens with one attached hydrogen (secondary N) is 1. The molecule has 0 radical (unpaired) electrons. The number of hydrogen-bond donors (Lipinski definition) is 1. The second-order valence-corrected chi connectivity index (χ2v) is 16.3. The quantitative estimate of drug-likeness (QED) is 0.180. The van der Waals surface area contributed by atoms with E-state index in [2.05, 4.69) is 236 Å². The average molecular weight is 765 g/mol. The lowest BCUT2D eigenvalue weighted by Gasteiger charge is -2.30. The molecule has 2 nitrogen and oxygen atoms in total. The average Bonchev–Trinajstić information content (AvgIpc) is 3.60. The molecule has 0 atom stereocenters. The number of para-hydroxylation sites is 2. The summed E-state index contributed by atoms with van der Waals surface area (Å²) in [4.78, 5) is 2.30. The molecule has 0 saturated carbocycles. The molecule has 0 aromatic heterocycles. The molecule has 12 rings (SSSR count). The minimum Gasteiger partial charge on any atom is -0.355 e. The predicted octanol–water partition coefficient (Wildman–Crippen LogP) is 14.8. The van der Waals surface area contributed by atoms with E-state index in [1.165, 1.54) is 94.8 Å². The fraction of sp³-hybridized carbons (Fsp3) is 0.0345. The van der Waals surface area contributed by atoms with E-state index in [-0.39, 0.29) is 0 Å². The van der Waals surface area contributed by atoms with Crippen LogP contribution in [0, 0.1) is 0 Å². The van der Waals surface area contributed by atoms with E-state index in [4.69, 9.17) is 0 Å². The first kappa shape index (κ1) is 34.4. The van der Waals surface area contributed by atoms with Crippen LogP contribution in [0.3, 0.4) is 0 Å². The summed E-state index contributed by atoms with van der Waals surface area (Å²) in [6.07, 6.45) is 17.9. The van der Waals surface area contributed by atoms with Gasteiger partial charge in [0.2, 0.25) is 0 Å². The highest BCUT2D eigenvalue weighted by Gasteiger charge is 2.51. The zero-order valence-electron chi connectivity index (χ0n) is 33.2. The highest BCUT2D eigenvalue weighted by molar-refractivity contribution is 5.97. The van der Waals surface area contributed by atoms with Crippen LogP contribution >= 0.6 is 0 Å². The zero-order chi connectivity index (χ0) is 39.8. The van der Waals surface area contributed by atoms with Gasteiger partial charge in [-0.05, 0) is 125 Å². The van der Waals surface area contributed by atoms with Crippen molar-refractivity contribution in [2.75, 3.05) is 17.3 Å². The molecule has 2 heteroatoms. The molecule has 282 valence electrons. The SMILES string of the molecule is CN1c2ccccc2C=Cc2ccc(/C=C/c3ccc4c(c3)C3(c5ccccc5-c5ccccc53)c3cc(/C=C/c5ccc6c(c5)Nc5ccccc5C=C6)ccc3-4)cc21. The van der Waals surface area contributed by atoms with Crippen LogP contribution in [-0.4, -0.2) is 7.05 Å². The minimum atomic E-state index is -0.439. The van der Waals surface area contributed by atoms with Gasteiger partial charge in [-0.1, -0.05) is 182 Å². The maximum Gasteiger partial charge on any atom is 0.0725 e. The largest absolute Gasteiger partial charge is 0.355 e. The monoisotopic (exact) mass is 764 g/mol. The Balaban J connectivity index is 0.941. The molecule has 2 aliphatic carbocycles. The highest BCUT2D eigenvalue weighted by atomic mass is 15.1. The van der Waals surface area contributed by atoms with Crippen LogP contribution in [0.5, 0.6) is 0 Å². The van der Waals surface area contributed by atoms with Crippen molar-refractivity contribution in [2.24, 2.45) is 0 Å². The third-order valence-electron chi connectivity index (χ3n) is 13.0. The summed E-state index contributed by atoms with van der Waals surface area (Å²) in [7, 11) is 2.16. The zero-order valence-corrected chi connectivity index (χ0v) is 33.2. The van der Waals surface area contributed by atoms with E-state index < -0.39 is 5.41 Å². The molecular weight excluding hydrogens is 725 g/mol. The van der Waals surface area contributed by atoms with Crippen molar-refractivity contribution in [3.8, 4) is 22.3 Å². The Morgan fingerprint density at radius 3 is 1.48 bits per heavy atom. The summed E-state index contributed by atoms with van der Waals surface area (Å²) in [5.41, 5.74) is 24.3. The smallest absolute Gasteiger partial charge is 0.0725 e. The molecule has 4 aliphatic rings. The van der Waals surface area contributed by atoms with Gasteiger partial charge in [0, 0.05) is 29.8 Å². The third-order valence-corrected chi connectivity index (χ3v) is 13.0. The van der Waals surface area contributed by atoms with Gasteiger partial charge in [0.15, 0.2) is 0 Å². The first-order chi connectivity index (χ1) is 29.6. The molecule has 8 aromatic rings.